The second-order valence-corrected chi connectivity index (χ2v) is 8.29. The Morgan fingerprint density at radius 3 is 2.55 bits per heavy atom. The van der Waals surface area contributed by atoms with Gasteiger partial charge in [-0.15, -0.1) is 0 Å². The van der Waals surface area contributed by atoms with Gasteiger partial charge in [0.15, 0.2) is 0 Å². The molecule has 1 saturated heterocycles. The molecule has 1 unspecified atom stereocenters. The van der Waals surface area contributed by atoms with E-state index >= 15 is 0 Å². The lowest BCUT2D eigenvalue weighted by Crippen LogP contribution is -2.54. The number of carbonyl (C=O) groups is 1. The van der Waals surface area contributed by atoms with Gasteiger partial charge < -0.3 is 14.5 Å². The van der Waals surface area contributed by atoms with Crippen molar-refractivity contribution in [2.24, 2.45) is 0 Å². The van der Waals surface area contributed by atoms with Gasteiger partial charge in [0.25, 0.3) is 5.91 Å². The molecule has 0 aliphatic carbocycles. The number of benzene rings is 2. The maximum atomic E-state index is 12.9. The average Bonchev–Trinajstić information content (AvgIpc) is 2.76. The standard InChI is InChI=1S/C24H25ClN4O2/c1-16-4-6-19(7-5-16)24(30)29-11-10-28(14-18(29)3)22-13-23(27-15-26-22)31-20-8-9-21(25)17(2)12-20/h4-9,12-13,15,18H,10-11,14H2,1-3H3. The molecule has 2 heterocycles. The summed E-state index contributed by atoms with van der Waals surface area (Å²) in [5.41, 5.74) is 2.81. The first-order valence-electron chi connectivity index (χ1n) is 10.3. The van der Waals surface area contributed by atoms with E-state index in [1.54, 1.807) is 6.07 Å². The molecule has 1 aliphatic heterocycles. The minimum atomic E-state index is 0.0563. The fraction of sp³-hybridized carbons (Fsp3) is 0.292. The van der Waals surface area contributed by atoms with Gasteiger partial charge in [-0.1, -0.05) is 29.3 Å². The largest absolute Gasteiger partial charge is 0.439 e. The summed E-state index contributed by atoms with van der Waals surface area (Å²) < 4.78 is 5.90. The molecule has 0 saturated carbocycles. The van der Waals surface area contributed by atoms with E-state index < -0.39 is 0 Å². The highest BCUT2D eigenvalue weighted by Crippen LogP contribution is 2.27. The van der Waals surface area contributed by atoms with Gasteiger partial charge in [0, 0.05) is 42.3 Å². The van der Waals surface area contributed by atoms with Crippen molar-refractivity contribution in [2.45, 2.75) is 26.8 Å². The van der Waals surface area contributed by atoms with Crippen LogP contribution in [0.15, 0.2) is 54.9 Å². The van der Waals surface area contributed by atoms with Crippen molar-refractivity contribution >= 4 is 23.3 Å². The van der Waals surface area contributed by atoms with Crippen LogP contribution in [0.3, 0.4) is 0 Å². The number of hydrogen-bond acceptors (Lipinski definition) is 5. The number of amides is 1. The summed E-state index contributed by atoms with van der Waals surface area (Å²) in [6.07, 6.45) is 1.50. The van der Waals surface area contributed by atoms with Crippen LogP contribution in [0.4, 0.5) is 5.82 Å². The lowest BCUT2D eigenvalue weighted by Gasteiger charge is -2.40. The van der Waals surface area contributed by atoms with E-state index in [-0.39, 0.29) is 11.9 Å². The highest BCUT2D eigenvalue weighted by atomic mass is 35.5. The van der Waals surface area contributed by atoms with Crippen LogP contribution in [-0.2, 0) is 0 Å². The second kappa shape index (κ2) is 8.94. The van der Waals surface area contributed by atoms with Crippen molar-refractivity contribution in [3.05, 3.63) is 76.6 Å². The number of halogens is 1. The number of aromatic nitrogens is 2. The van der Waals surface area contributed by atoms with E-state index in [2.05, 4.69) is 21.8 Å². The van der Waals surface area contributed by atoms with Crippen LogP contribution >= 0.6 is 11.6 Å². The quantitative estimate of drug-likeness (QED) is 0.582. The van der Waals surface area contributed by atoms with Gasteiger partial charge >= 0.3 is 0 Å². The third-order valence-corrected chi connectivity index (χ3v) is 5.91. The number of nitrogens with zero attached hydrogens (tertiary/aromatic N) is 4. The second-order valence-electron chi connectivity index (χ2n) is 7.89. The summed E-state index contributed by atoms with van der Waals surface area (Å²) in [7, 11) is 0. The summed E-state index contributed by atoms with van der Waals surface area (Å²) in [6, 6.07) is 15.1. The van der Waals surface area contributed by atoms with Crippen molar-refractivity contribution in [1.29, 1.82) is 0 Å². The number of anilines is 1. The Balaban J connectivity index is 1.44. The van der Waals surface area contributed by atoms with E-state index in [9.17, 15) is 4.79 Å². The molecule has 1 fully saturated rings. The first-order valence-corrected chi connectivity index (χ1v) is 10.7. The van der Waals surface area contributed by atoms with Crippen LogP contribution in [-0.4, -0.2) is 46.5 Å². The van der Waals surface area contributed by atoms with Gasteiger partial charge in [0.05, 0.1) is 0 Å². The molecule has 4 rings (SSSR count). The Morgan fingerprint density at radius 1 is 1.06 bits per heavy atom. The number of carbonyl (C=O) groups excluding carboxylic acids is 1. The van der Waals surface area contributed by atoms with Crippen LogP contribution < -0.4 is 9.64 Å². The normalized spacial score (nSPS) is 16.3. The van der Waals surface area contributed by atoms with E-state index in [0.717, 1.165) is 22.5 Å². The Labute approximate surface area is 187 Å². The van der Waals surface area contributed by atoms with Crippen LogP contribution in [0.25, 0.3) is 0 Å². The van der Waals surface area contributed by atoms with Crippen LogP contribution in [0, 0.1) is 13.8 Å². The lowest BCUT2D eigenvalue weighted by molar-refractivity contribution is 0.0673. The Kier molecular flexibility index (Phi) is 6.09. The van der Waals surface area contributed by atoms with Crippen molar-refractivity contribution in [1.82, 2.24) is 14.9 Å². The average molecular weight is 437 g/mol. The molecule has 1 aromatic heterocycles. The van der Waals surface area contributed by atoms with Crippen molar-refractivity contribution in [3.8, 4) is 11.6 Å². The number of ether oxygens (including phenoxy) is 1. The predicted octanol–water partition coefficient (Wildman–Crippen LogP) is 4.89. The molecule has 0 bridgehead atoms. The van der Waals surface area contributed by atoms with Crippen molar-refractivity contribution in [3.63, 3.8) is 0 Å². The van der Waals surface area contributed by atoms with Crippen LogP contribution in [0.2, 0.25) is 5.02 Å². The van der Waals surface area contributed by atoms with E-state index in [4.69, 9.17) is 16.3 Å². The molecule has 7 heteroatoms. The fourth-order valence-corrected chi connectivity index (χ4v) is 3.81. The highest BCUT2D eigenvalue weighted by Gasteiger charge is 2.29. The first-order chi connectivity index (χ1) is 14.9. The number of piperazine rings is 1. The molecule has 6 nitrogen and oxygen atoms in total. The zero-order valence-electron chi connectivity index (χ0n) is 17.9. The molecule has 160 valence electrons. The zero-order valence-corrected chi connectivity index (χ0v) is 18.6. The maximum Gasteiger partial charge on any atom is 0.254 e. The SMILES string of the molecule is Cc1ccc(C(=O)N2CCN(c3cc(Oc4ccc(Cl)c(C)c4)ncn3)CC2C)cc1. The zero-order chi connectivity index (χ0) is 22.0. The molecular formula is C24H25ClN4O2. The third kappa shape index (κ3) is 4.80. The summed E-state index contributed by atoms with van der Waals surface area (Å²) in [6.45, 7) is 8.02. The van der Waals surface area contributed by atoms with E-state index in [1.165, 1.54) is 6.33 Å². The Hall–Kier alpha value is -3.12. The van der Waals surface area contributed by atoms with Gasteiger partial charge in [0.1, 0.15) is 17.9 Å². The highest BCUT2D eigenvalue weighted by molar-refractivity contribution is 6.31. The van der Waals surface area contributed by atoms with E-state index in [0.29, 0.717) is 36.3 Å². The molecular weight excluding hydrogens is 412 g/mol. The van der Waals surface area contributed by atoms with Crippen LogP contribution in [0.5, 0.6) is 11.6 Å². The molecule has 1 amide bonds. The van der Waals surface area contributed by atoms with Gasteiger partial charge in [0.2, 0.25) is 5.88 Å². The predicted molar refractivity (Wildman–Crippen MR) is 122 cm³/mol. The summed E-state index contributed by atoms with van der Waals surface area (Å²) in [4.78, 5) is 25.7. The van der Waals surface area contributed by atoms with E-state index in [1.807, 2.05) is 61.2 Å². The molecule has 2 aromatic carbocycles. The number of hydrogen-bond donors (Lipinski definition) is 0. The molecule has 0 radical (unpaired) electrons. The van der Waals surface area contributed by atoms with Gasteiger partial charge in [-0.2, -0.15) is 0 Å². The minimum absolute atomic E-state index is 0.0563. The maximum absolute atomic E-state index is 12.9. The molecule has 3 aromatic rings. The van der Waals surface area contributed by atoms with Crippen molar-refractivity contribution in [2.75, 3.05) is 24.5 Å². The third-order valence-electron chi connectivity index (χ3n) is 5.49. The minimum Gasteiger partial charge on any atom is -0.439 e. The van der Waals surface area contributed by atoms with Crippen molar-refractivity contribution < 1.29 is 9.53 Å². The molecule has 1 aliphatic rings. The summed E-state index contributed by atoms with van der Waals surface area (Å²) in [5.74, 6) is 1.99. The Bertz CT molecular complexity index is 1090. The molecule has 31 heavy (non-hydrogen) atoms. The fourth-order valence-electron chi connectivity index (χ4n) is 3.69. The summed E-state index contributed by atoms with van der Waals surface area (Å²) in [5, 5.41) is 0.697. The monoisotopic (exact) mass is 436 g/mol. The molecule has 0 spiro atoms. The van der Waals surface area contributed by atoms with Gasteiger partial charge in [-0.25, -0.2) is 9.97 Å². The van der Waals surface area contributed by atoms with Gasteiger partial charge in [-0.05, 0) is 56.7 Å². The number of aryl methyl sites for hydroxylation is 2. The molecule has 0 N–H and O–H groups in total. The lowest BCUT2D eigenvalue weighted by atomic mass is 10.1. The number of rotatable bonds is 4. The molecule has 1 atom stereocenters. The van der Waals surface area contributed by atoms with Gasteiger partial charge in [-0.3, -0.25) is 4.79 Å². The van der Waals surface area contributed by atoms with Crippen LogP contribution in [0.1, 0.15) is 28.4 Å². The smallest absolute Gasteiger partial charge is 0.254 e. The summed E-state index contributed by atoms with van der Waals surface area (Å²) >= 11 is 6.09. The Morgan fingerprint density at radius 2 is 1.84 bits per heavy atom. The topological polar surface area (TPSA) is 58.6 Å². The first kappa shape index (κ1) is 21.1.